The van der Waals surface area contributed by atoms with Crippen molar-refractivity contribution in [2.45, 2.75) is 256 Å². The van der Waals surface area contributed by atoms with Crippen LogP contribution in [-0.2, 0) is 74.8 Å². The number of carbonyl (C=O) groups excluding carboxylic acids is 3. The third-order valence-corrected chi connectivity index (χ3v) is 20.1. The third-order valence-electron chi connectivity index (χ3n) is 20.1. The molecule has 0 bridgehead atoms. The molecule has 7 saturated heterocycles. The summed E-state index contributed by atoms with van der Waals surface area (Å²) in [5.41, 5.74) is 25.6. The largest absolute Gasteiger partial charge is 0.445 e. The van der Waals surface area contributed by atoms with Crippen molar-refractivity contribution in [1.82, 2.24) is 26.2 Å². The highest BCUT2D eigenvalue weighted by Crippen LogP contribution is 2.43. The van der Waals surface area contributed by atoms with Crippen molar-refractivity contribution in [3.63, 3.8) is 0 Å². The van der Waals surface area contributed by atoms with Crippen molar-refractivity contribution in [1.29, 1.82) is 0 Å². The molecule has 2 aliphatic carbocycles. The van der Waals surface area contributed by atoms with E-state index in [0.29, 0.717) is 32.4 Å². The lowest BCUT2D eigenvalue weighted by Crippen LogP contribution is -2.70. The number of hydrogen-bond acceptors (Lipinski definition) is 31. The minimum absolute atomic E-state index is 0.00680. The van der Waals surface area contributed by atoms with Gasteiger partial charge >= 0.3 is 18.3 Å². The van der Waals surface area contributed by atoms with Crippen molar-refractivity contribution in [3.05, 3.63) is 71.8 Å². The first-order valence-corrected chi connectivity index (χ1v) is 33.8. The fraction of sp³-hybridized carbons (Fsp3) is 0.766. The molecule has 2 saturated carbocycles. The van der Waals surface area contributed by atoms with Gasteiger partial charge in [-0.05, 0) is 63.4 Å². The van der Waals surface area contributed by atoms with Crippen LogP contribution in [0.4, 0.5) is 14.4 Å². The van der Waals surface area contributed by atoms with Crippen LogP contribution in [0.1, 0.15) is 69.9 Å². The molecule has 0 spiro atoms. The molecule has 0 aromatic heterocycles. The fourth-order valence-corrected chi connectivity index (χ4v) is 14.2. The van der Waals surface area contributed by atoms with Crippen molar-refractivity contribution in [2.75, 3.05) is 40.4 Å². The second-order valence-corrected chi connectivity index (χ2v) is 26.9. The Morgan fingerprint density at radius 1 is 0.561 bits per heavy atom. The number of carbonyl (C=O) groups is 3. The maximum Gasteiger partial charge on any atom is 0.410 e. The Bertz CT molecular complexity index is 2820. The summed E-state index contributed by atoms with van der Waals surface area (Å²) in [6, 6.07) is 12.8. The van der Waals surface area contributed by atoms with Crippen LogP contribution in [0.15, 0.2) is 60.7 Å². The number of nitrogens with two attached hydrogens (primary N) is 4. The molecule has 34 heteroatoms. The van der Waals surface area contributed by atoms with Crippen LogP contribution in [0.3, 0.4) is 0 Å². The van der Waals surface area contributed by atoms with E-state index >= 15 is 0 Å². The molecule has 2 aromatic carbocycles. The topological polar surface area (TPSA) is 509 Å². The third kappa shape index (κ3) is 17.8. The Morgan fingerprint density at radius 2 is 1.13 bits per heavy atom. The standard InChI is InChI=1S/C40H53N3O15.C24H48N6O10/c1-20-14-28-33(34-30(43(3)40(50)57-34)36(54-28)58-37-32(47)31(46)21(2)29(17-44)55-37)56-35(20)53-27-16-26(45)24(41-38(48)51-18-22-10-6-4-7-11-22)15-25(27)42-39(49)52-19-23-12-8-5-9-13-23;1-29-17-19(34)21-14(6-11(28)22(39-21)36-13-7-12(32)9(26)5-10(13)27)37-23(17)40-24-20(35)18(33)16(15(8-31)38-24)30-4-2-3-25/h4-13,20-21,24-37,44-47H,14-19H2,1-3H3,(H,41,48)(H,42,49);9-24,29-35H,2-8,25-28H2,1H3/t20?,21-,24-,25?,26?,27+,28+,29?,30?,31+,32?,33?,34?,35+,36?,37-;9-,10?,11?,12?,13+,14+,15?,16-,17?,18+,19?,20?,21?,22+,23?,24-/m11/s1. The molecule has 18 unspecified atom stereocenters. The van der Waals surface area contributed by atoms with Gasteiger partial charge in [-0.25, -0.2) is 14.4 Å². The van der Waals surface area contributed by atoms with Gasteiger partial charge in [-0.15, -0.1) is 0 Å². The Balaban J connectivity index is 0.000000228. The molecule has 9 fully saturated rings. The van der Waals surface area contributed by atoms with E-state index in [0.717, 1.165) is 11.1 Å². The minimum atomic E-state index is -1.47. The fourth-order valence-electron chi connectivity index (χ4n) is 14.2. The molecule has 552 valence electrons. The number of aliphatic hydroxyl groups excluding tert-OH is 9. The summed E-state index contributed by atoms with van der Waals surface area (Å²) in [5.74, 6) is -0.908. The first kappa shape index (κ1) is 75.9. The van der Waals surface area contributed by atoms with E-state index in [1.807, 2.05) is 67.6 Å². The van der Waals surface area contributed by atoms with Crippen molar-refractivity contribution >= 4 is 18.3 Å². The molecule has 3 amide bonds. The number of rotatable bonds is 21. The van der Waals surface area contributed by atoms with Crippen LogP contribution in [-0.4, -0.2) is 293 Å². The van der Waals surface area contributed by atoms with Crippen LogP contribution in [0.25, 0.3) is 0 Å². The van der Waals surface area contributed by atoms with E-state index in [-0.39, 0.29) is 44.8 Å². The normalized spacial score (nSPS) is 43.2. The van der Waals surface area contributed by atoms with Crippen molar-refractivity contribution < 1.29 is 122 Å². The predicted molar refractivity (Wildman–Crippen MR) is 337 cm³/mol. The van der Waals surface area contributed by atoms with Gasteiger partial charge in [-0.2, -0.15) is 0 Å². The summed E-state index contributed by atoms with van der Waals surface area (Å²) in [6.07, 6.45) is -22.5. The molecule has 9 aliphatic rings. The van der Waals surface area contributed by atoms with Crippen LogP contribution in [0, 0.1) is 11.8 Å². The van der Waals surface area contributed by atoms with E-state index in [2.05, 4.69) is 21.3 Å². The molecule has 21 N–H and O–H groups in total. The summed E-state index contributed by atoms with van der Waals surface area (Å²) in [4.78, 5) is 40.3. The molecule has 7 aliphatic heterocycles. The van der Waals surface area contributed by atoms with E-state index < -0.39 is 221 Å². The molecule has 0 radical (unpaired) electrons. The number of nitrogens with one attached hydrogen (secondary N) is 4. The Hall–Kier alpha value is -4.75. The Labute approximate surface area is 567 Å². The van der Waals surface area contributed by atoms with E-state index in [1.165, 1.54) is 11.9 Å². The van der Waals surface area contributed by atoms with Gasteiger partial charge in [0.2, 0.25) is 0 Å². The van der Waals surface area contributed by atoms with Gasteiger partial charge in [0.25, 0.3) is 0 Å². The zero-order valence-corrected chi connectivity index (χ0v) is 55.3. The van der Waals surface area contributed by atoms with E-state index in [4.69, 9.17) is 84.5 Å². The number of amides is 3. The van der Waals surface area contributed by atoms with Gasteiger partial charge in [-0.3, -0.25) is 4.90 Å². The van der Waals surface area contributed by atoms with Gasteiger partial charge in [0.05, 0.1) is 92.3 Å². The van der Waals surface area contributed by atoms with Gasteiger partial charge in [0.15, 0.2) is 43.8 Å². The Morgan fingerprint density at radius 3 is 1.77 bits per heavy atom. The smallest absolute Gasteiger partial charge is 0.410 e. The lowest BCUT2D eigenvalue weighted by molar-refractivity contribution is -0.376. The lowest BCUT2D eigenvalue weighted by atomic mass is 9.85. The zero-order valence-electron chi connectivity index (χ0n) is 55.3. The highest BCUT2D eigenvalue weighted by molar-refractivity contribution is 5.71. The molecular formula is C64H101N9O25. The molecule has 32 atom stereocenters. The van der Waals surface area contributed by atoms with Gasteiger partial charge in [0, 0.05) is 43.8 Å². The molecule has 34 nitrogen and oxygen atoms in total. The van der Waals surface area contributed by atoms with Crippen molar-refractivity contribution in [3.8, 4) is 0 Å². The average molecular weight is 1400 g/mol. The SMILES string of the molecule is CC1C[C@@H]2OC(O[C@H]3OC(CO)[C@@H](C)[C@H](O)C3O)C3C(OC(=O)N3C)C2O[C@@H]1O[C@H]1CC(O)[C@H](NC(=O)OCc2ccccc2)CC1NC(=O)OCc1ccccc1.CNC1C(O[C@H]2OC(CO)[C@@H](NCCCN)[C@H](O)C2O)O[C@H]2CC(N)[C@@H](O[C@H]3CC(O)[C@H](N)CC3N)OC2C1O. The van der Waals surface area contributed by atoms with Gasteiger partial charge < -0.3 is 152 Å². The second kappa shape index (κ2) is 34.5. The zero-order chi connectivity index (χ0) is 70.2. The first-order valence-electron chi connectivity index (χ1n) is 33.8. The van der Waals surface area contributed by atoms with Crippen LogP contribution in [0.2, 0.25) is 0 Å². The van der Waals surface area contributed by atoms with E-state index in [1.54, 1.807) is 14.0 Å². The number of benzene rings is 2. The lowest BCUT2D eigenvalue weighted by Gasteiger charge is -2.51. The molecule has 2 aromatic rings. The Kier molecular flexibility index (Phi) is 26.7. The second-order valence-electron chi connectivity index (χ2n) is 26.9. The van der Waals surface area contributed by atoms with Crippen LogP contribution in [0.5, 0.6) is 0 Å². The van der Waals surface area contributed by atoms with Gasteiger partial charge in [0.1, 0.15) is 62.0 Å². The maximum atomic E-state index is 13.2. The quantitative estimate of drug-likeness (QED) is 0.0414. The summed E-state index contributed by atoms with van der Waals surface area (Å²) in [7, 11) is 3.11. The number of ether oxygens (including phenoxy) is 13. The molecule has 98 heavy (non-hydrogen) atoms. The number of aliphatic hydroxyl groups is 9. The highest BCUT2D eigenvalue weighted by atomic mass is 16.8. The van der Waals surface area contributed by atoms with Crippen LogP contribution < -0.4 is 44.2 Å². The number of likely N-dealkylation sites (N-methyl/N-ethyl adjacent to an activating group) is 2. The van der Waals surface area contributed by atoms with Crippen molar-refractivity contribution in [2.24, 2.45) is 34.8 Å². The highest BCUT2D eigenvalue weighted by Gasteiger charge is 2.61. The average Bonchev–Trinajstić information content (AvgIpc) is 1.48. The number of fused-ring (bicyclic) bond motifs is 4. The van der Waals surface area contributed by atoms with Crippen LogP contribution >= 0.6 is 0 Å². The monoisotopic (exact) mass is 1400 g/mol. The predicted octanol–water partition coefficient (Wildman–Crippen LogP) is -4.44. The summed E-state index contributed by atoms with van der Waals surface area (Å²) in [5, 5.41) is 107. The molecular weight excluding hydrogens is 1290 g/mol. The summed E-state index contributed by atoms with van der Waals surface area (Å²) in [6.45, 7) is 3.61. The number of alkyl carbamates (subject to hydrolysis) is 2. The number of nitrogens with zero attached hydrogens (tertiary/aromatic N) is 1. The minimum Gasteiger partial charge on any atom is -0.445 e. The molecule has 7 heterocycles. The van der Waals surface area contributed by atoms with E-state index in [9.17, 15) is 60.3 Å². The summed E-state index contributed by atoms with van der Waals surface area (Å²) < 4.78 is 78.1. The maximum absolute atomic E-state index is 13.2. The van der Waals surface area contributed by atoms with Gasteiger partial charge in [-0.1, -0.05) is 74.5 Å². The summed E-state index contributed by atoms with van der Waals surface area (Å²) >= 11 is 0. The first-order chi connectivity index (χ1) is 47.0. The number of hydrogen-bond donors (Lipinski definition) is 17. The molecule has 11 rings (SSSR count).